The van der Waals surface area contributed by atoms with Crippen LogP contribution in [0.15, 0.2) is 47.4 Å². The minimum Gasteiger partial charge on any atom is -0.454 e. The number of anilines is 1. The number of carbonyl (C=O) groups excluding carboxylic acids is 1. The maximum Gasteiger partial charge on any atom is 0.286 e. The zero-order valence-electron chi connectivity index (χ0n) is 18.7. The first-order valence-electron chi connectivity index (χ1n) is 11.0. The van der Waals surface area contributed by atoms with E-state index in [1.165, 1.54) is 4.31 Å². The van der Waals surface area contributed by atoms with Gasteiger partial charge in [-0.3, -0.25) is 4.79 Å². The van der Waals surface area contributed by atoms with Crippen LogP contribution in [0.4, 0.5) is 5.69 Å². The molecule has 5 rings (SSSR count). The summed E-state index contributed by atoms with van der Waals surface area (Å²) in [5, 5.41) is 11.6. The molecule has 1 saturated heterocycles. The third-order valence-corrected chi connectivity index (χ3v) is 8.85. The van der Waals surface area contributed by atoms with Gasteiger partial charge < -0.3 is 14.8 Å². The summed E-state index contributed by atoms with van der Waals surface area (Å²) >= 11 is 1.11. The Labute approximate surface area is 201 Å². The molecule has 1 unspecified atom stereocenters. The van der Waals surface area contributed by atoms with E-state index in [-0.39, 0.29) is 16.7 Å². The Morgan fingerprint density at radius 1 is 1.12 bits per heavy atom. The molecular formula is C23H24N4O5S2. The zero-order valence-corrected chi connectivity index (χ0v) is 20.4. The summed E-state index contributed by atoms with van der Waals surface area (Å²) in [4.78, 5) is 13.0. The van der Waals surface area contributed by atoms with E-state index in [1.54, 1.807) is 30.3 Å². The fourth-order valence-corrected chi connectivity index (χ4v) is 6.67. The molecule has 11 heteroatoms. The standard InChI is InChI=1S/C23H24N4O5S2/c1-14(2)15-5-8-17(9-6-15)34(29,30)27-11-3-4-18(27)22-25-26-23(33-22)21(28)24-16-7-10-19-20(12-16)32-13-31-19/h5-10,12,14,18H,3-4,11,13H2,1-2H3,(H,24,28). The summed E-state index contributed by atoms with van der Waals surface area (Å²) in [6, 6.07) is 11.7. The van der Waals surface area contributed by atoms with Crippen LogP contribution in [-0.2, 0) is 10.0 Å². The first kappa shape index (κ1) is 22.8. The number of fused-ring (bicyclic) bond motifs is 1. The van der Waals surface area contributed by atoms with E-state index in [9.17, 15) is 13.2 Å². The van der Waals surface area contributed by atoms with Gasteiger partial charge in [-0.15, -0.1) is 10.2 Å². The van der Waals surface area contributed by atoms with Crippen molar-refractivity contribution in [2.24, 2.45) is 0 Å². The van der Waals surface area contributed by atoms with Gasteiger partial charge in [0.25, 0.3) is 5.91 Å². The molecule has 2 aromatic carbocycles. The highest BCUT2D eigenvalue weighted by Crippen LogP contribution is 2.38. The maximum absolute atomic E-state index is 13.4. The first-order valence-corrected chi connectivity index (χ1v) is 13.2. The van der Waals surface area contributed by atoms with Crippen LogP contribution in [0.25, 0.3) is 0 Å². The van der Waals surface area contributed by atoms with E-state index in [2.05, 4.69) is 29.4 Å². The van der Waals surface area contributed by atoms with E-state index in [0.29, 0.717) is 47.5 Å². The SMILES string of the molecule is CC(C)c1ccc(S(=O)(=O)N2CCCC2c2nnc(C(=O)Nc3ccc4c(c3)OCO4)s2)cc1. The molecule has 0 aliphatic carbocycles. The molecule has 0 saturated carbocycles. The molecule has 1 amide bonds. The van der Waals surface area contributed by atoms with Crippen LogP contribution >= 0.6 is 11.3 Å². The van der Waals surface area contributed by atoms with Crippen molar-refractivity contribution in [3.63, 3.8) is 0 Å². The molecule has 0 spiro atoms. The molecule has 3 heterocycles. The summed E-state index contributed by atoms with van der Waals surface area (Å²) in [5.74, 6) is 1.08. The van der Waals surface area contributed by atoms with Gasteiger partial charge in [-0.25, -0.2) is 8.42 Å². The third kappa shape index (κ3) is 4.26. The Balaban J connectivity index is 1.33. The Morgan fingerprint density at radius 3 is 2.65 bits per heavy atom. The molecule has 0 radical (unpaired) electrons. The van der Waals surface area contributed by atoms with E-state index in [1.807, 2.05) is 12.1 Å². The Kier molecular flexibility index (Phi) is 6.00. The van der Waals surface area contributed by atoms with Crippen LogP contribution in [0.3, 0.4) is 0 Å². The monoisotopic (exact) mass is 500 g/mol. The summed E-state index contributed by atoms with van der Waals surface area (Å²) in [6.45, 7) is 4.68. The highest BCUT2D eigenvalue weighted by molar-refractivity contribution is 7.89. The van der Waals surface area contributed by atoms with Crippen LogP contribution in [0, 0.1) is 0 Å². The van der Waals surface area contributed by atoms with Crippen molar-refractivity contribution in [3.05, 3.63) is 58.0 Å². The van der Waals surface area contributed by atoms with Gasteiger partial charge in [-0.05, 0) is 48.6 Å². The maximum atomic E-state index is 13.4. The number of hydrogen-bond donors (Lipinski definition) is 1. The predicted octanol–water partition coefficient (Wildman–Crippen LogP) is 4.17. The molecule has 1 N–H and O–H groups in total. The molecule has 2 aliphatic rings. The van der Waals surface area contributed by atoms with Crippen molar-refractivity contribution in [2.75, 3.05) is 18.7 Å². The topological polar surface area (TPSA) is 111 Å². The number of aromatic nitrogens is 2. The number of sulfonamides is 1. The second kappa shape index (κ2) is 8.97. The molecular weight excluding hydrogens is 476 g/mol. The summed E-state index contributed by atoms with van der Waals surface area (Å²) in [6.07, 6.45) is 1.34. The van der Waals surface area contributed by atoms with Crippen LogP contribution < -0.4 is 14.8 Å². The lowest BCUT2D eigenvalue weighted by Gasteiger charge is -2.22. The molecule has 1 aromatic heterocycles. The van der Waals surface area contributed by atoms with E-state index in [4.69, 9.17) is 9.47 Å². The number of amides is 1. The number of carbonyl (C=O) groups is 1. The van der Waals surface area contributed by atoms with Gasteiger partial charge in [-0.1, -0.05) is 37.3 Å². The number of rotatable bonds is 6. The van der Waals surface area contributed by atoms with Crippen LogP contribution in [0.5, 0.6) is 11.5 Å². The minimum atomic E-state index is -3.70. The summed E-state index contributed by atoms with van der Waals surface area (Å²) in [5.41, 5.74) is 1.63. The van der Waals surface area contributed by atoms with Crippen molar-refractivity contribution in [1.29, 1.82) is 0 Å². The number of benzene rings is 2. The van der Waals surface area contributed by atoms with Gasteiger partial charge in [0.05, 0.1) is 10.9 Å². The predicted molar refractivity (Wildman–Crippen MR) is 127 cm³/mol. The van der Waals surface area contributed by atoms with Gasteiger partial charge in [0.1, 0.15) is 5.01 Å². The molecule has 178 valence electrons. The van der Waals surface area contributed by atoms with Gasteiger partial charge >= 0.3 is 0 Å². The fraction of sp³-hybridized carbons (Fsp3) is 0.348. The molecule has 9 nitrogen and oxygen atoms in total. The minimum absolute atomic E-state index is 0.148. The lowest BCUT2D eigenvalue weighted by atomic mass is 10.0. The molecule has 1 atom stereocenters. The van der Waals surface area contributed by atoms with Gasteiger partial charge in [0.2, 0.25) is 21.8 Å². The Hall–Kier alpha value is -3.02. The number of nitrogens with zero attached hydrogens (tertiary/aromatic N) is 3. The van der Waals surface area contributed by atoms with Crippen LogP contribution in [0.2, 0.25) is 0 Å². The van der Waals surface area contributed by atoms with Crippen molar-refractivity contribution >= 4 is 33.0 Å². The van der Waals surface area contributed by atoms with Crippen molar-refractivity contribution in [2.45, 2.75) is 43.5 Å². The smallest absolute Gasteiger partial charge is 0.286 e. The molecule has 1 fully saturated rings. The molecule has 0 bridgehead atoms. The van der Waals surface area contributed by atoms with Gasteiger partial charge in [0.15, 0.2) is 11.5 Å². The highest BCUT2D eigenvalue weighted by Gasteiger charge is 2.38. The quantitative estimate of drug-likeness (QED) is 0.541. The Bertz CT molecular complexity index is 1320. The zero-order chi connectivity index (χ0) is 23.9. The average molecular weight is 501 g/mol. The lowest BCUT2D eigenvalue weighted by molar-refractivity contribution is 0.102. The lowest BCUT2D eigenvalue weighted by Crippen LogP contribution is -2.30. The molecule has 2 aliphatic heterocycles. The van der Waals surface area contributed by atoms with Crippen LogP contribution in [-0.4, -0.2) is 42.2 Å². The van der Waals surface area contributed by atoms with Crippen molar-refractivity contribution in [1.82, 2.24) is 14.5 Å². The van der Waals surface area contributed by atoms with E-state index >= 15 is 0 Å². The molecule has 34 heavy (non-hydrogen) atoms. The fourth-order valence-electron chi connectivity index (χ4n) is 4.05. The van der Waals surface area contributed by atoms with E-state index in [0.717, 1.165) is 16.9 Å². The second-order valence-electron chi connectivity index (χ2n) is 8.47. The second-order valence-corrected chi connectivity index (χ2v) is 11.4. The largest absolute Gasteiger partial charge is 0.454 e. The third-order valence-electron chi connectivity index (χ3n) is 5.91. The number of nitrogens with one attached hydrogen (secondary N) is 1. The van der Waals surface area contributed by atoms with E-state index < -0.39 is 22.0 Å². The molecule has 3 aromatic rings. The van der Waals surface area contributed by atoms with Crippen molar-refractivity contribution < 1.29 is 22.7 Å². The first-order chi connectivity index (χ1) is 16.3. The normalized spacial score (nSPS) is 17.9. The number of ether oxygens (including phenoxy) is 2. The van der Waals surface area contributed by atoms with Gasteiger partial charge in [0, 0.05) is 18.3 Å². The number of hydrogen-bond acceptors (Lipinski definition) is 8. The summed E-state index contributed by atoms with van der Waals surface area (Å²) < 4.78 is 38.8. The highest BCUT2D eigenvalue weighted by atomic mass is 32.2. The van der Waals surface area contributed by atoms with Gasteiger partial charge in [-0.2, -0.15) is 4.31 Å². The average Bonchev–Trinajstić information content (AvgIpc) is 3.58. The van der Waals surface area contributed by atoms with Crippen LogP contribution in [0.1, 0.15) is 59.0 Å². The van der Waals surface area contributed by atoms with Crippen molar-refractivity contribution in [3.8, 4) is 11.5 Å². The Morgan fingerprint density at radius 2 is 1.88 bits per heavy atom. The summed E-state index contributed by atoms with van der Waals surface area (Å²) in [7, 11) is -3.70.